The van der Waals surface area contributed by atoms with Crippen LogP contribution in [0.2, 0.25) is 0 Å². The lowest BCUT2D eigenvalue weighted by atomic mass is 10.1. The molecule has 0 N–H and O–H groups in total. The molecule has 0 aliphatic carbocycles. The number of fused-ring (bicyclic) bond motifs is 1. The van der Waals surface area contributed by atoms with Crippen LogP contribution >= 0.6 is 0 Å². The number of hydrogen-bond donors (Lipinski definition) is 0. The van der Waals surface area contributed by atoms with Gasteiger partial charge in [0.1, 0.15) is 0 Å². The molecule has 0 bridgehead atoms. The van der Waals surface area contributed by atoms with Crippen molar-refractivity contribution in [3.63, 3.8) is 0 Å². The molecule has 0 saturated carbocycles. The minimum atomic E-state index is 0.801. The van der Waals surface area contributed by atoms with Crippen LogP contribution in [0.1, 0.15) is 25.8 Å². The normalized spacial score (nSPS) is 11.2. The SMILES string of the molecule is CCCOCCn1ccc2cccc(CC)c21. The molecule has 1 aromatic heterocycles. The Hall–Kier alpha value is -1.28. The van der Waals surface area contributed by atoms with E-state index in [0.717, 1.165) is 32.6 Å². The van der Waals surface area contributed by atoms with E-state index in [9.17, 15) is 0 Å². The molecule has 1 aromatic carbocycles. The van der Waals surface area contributed by atoms with Gasteiger partial charge in [-0.05, 0) is 29.9 Å². The predicted octanol–water partition coefficient (Wildman–Crippen LogP) is 3.63. The summed E-state index contributed by atoms with van der Waals surface area (Å²) in [7, 11) is 0. The van der Waals surface area contributed by atoms with Crippen molar-refractivity contribution in [2.24, 2.45) is 0 Å². The minimum absolute atomic E-state index is 0.801. The number of rotatable bonds is 6. The van der Waals surface area contributed by atoms with E-state index in [4.69, 9.17) is 4.74 Å². The molecule has 0 aliphatic rings. The fourth-order valence-corrected chi connectivity index (χ4v) is 2.22. The van der Waals surface area contributed by atoms with Crippen molar-refractivity contribution in [2.45, 2.75) is 33.2 Å². The molecular formula is C15H21NO. The first-order valence-corrected chi connectivity index (χ1v) is 6.51. The number of ether oxygens (including phenoxy) is 1. The lowest BCUT2D eigenvalue weighted by Gasteiger charge is -2.09. The van der Waals surface area contributed by atoms with Crippen molar-refractivity contribution in [2.75, 3.05) is 13.2 Å². The van der Waals surface area contributed by atoms with E-state index in [-0.39, 0.29) is 0 Å². The Morgan fingerprint density at radius 1 is 1.12 bits per heavy atom. The molecule has 0 unspecified atom stereocenters. The molecule has 0 saturated heterocycles. The topological polar surface area (TPSA) is 14.2 Å². The van der Waals surface area contributed by atoms with Gasteiger partial charge < -0.3 is 9.30 Å². The summed E-state index contributed by atoms with van der Waals surface area (Å²) < 4.78 is 7.87. The fraction of sp³-hybridized carbons (Fsp3) is 0.467. The van der Waals surface area contributed by atoms with E-state index in [2.05, 4.69) is 48.9 Å². The highest BCUT2D eigenvalue weighted by atomic mass is 16.5. The zero-order valence-corrected chi connectivity index (χ0v) is 10.8. The van der Waals surface area contributed by atoms with Crippen molar-refractivity contribution < 1.29 is 4.74 Å². The summed E-state index contributed by atoms with van der Waals surface area (Å²) in [5.74, 6) is 0. The lowest BCUT2D eigenvalue weighted by molar-refractivity contribution is 0.127. The van der Waals surface area contributed by atoms with Gasteiger partial charge in [0, 0.05) is 19.3 Å². The van der Waals surface area contributed by atoms with Crippen molar-refractivity contribution in [3.05, 3.63) is 36.0 Å². The smallest absolute Gasteiger partial charge is 0.0645 e. The third kappa shape index (κ3) is 2.70. The Kier molecular flexibility index (Phi) is 4.21. The van der Waals surface area contributed by atoms with E-state index < -0.39 is 0 Å². The number of nitrogens with zero attached hydrogens (tertiary/aromatic N) is 1. The van der Waals surface area contributed by atoms with Crippen molar-refractivity contribution in [1.82, 2.24) is 4.57 Å². The standard InChI is InChI=1S/C15H21NO/c1-3-11-17-12-10-16-9-8-14-7-5-6-13(4-2)15(14)16/h5-9H,3-4,10-12H2,1-2H3. The maximum atomic E-state index is 5.56. The van der Waals surface area contributed by atoms with Crippen LogP contribution in [0, 0.1) is 0 Å². The first kappa shape index (κ1) is 12.2. The lowest BCUT2D eigenvalue weighted by Crippen LogP contribution is -2.06. The Morgan fingerprint density at radius 2 is 2.00 bits per heavy atom. The Balaban J connectivity index is 2.16. The predicted molar refractivity (Wildman–Crippen MR) is 72.4 cm³/mol. The third-order valence-electron chi connectivity index (χ3n) is 3.08. The van der Waals surface area contributed by atoms with Gasteiger partial charge in [-0.25, -0.2) is 0 Å². The molecule has 2 nitrogen and oxygen atoms in total. The molecule has 2 rings (SSSR count). The molecule has 1 heterocycles. The molecule has 0 radical (unpaired) electrons. The van der Waals surface area contributed by atoms with E-state index in [0.29, 0.717) is 0 Å². The summed E-state index contributed by atoms with van der Waals surface area (Å²) in [5, 5.41) is 1.33. The van der Waals surface area contributed by atoms with Gasteiger partial charge >= 0.3 is 0 Å². The molecular weight excluding hydrogens is 210 g/mol. The van der Waals surface area contributed by atoms with E-state index in [1.54, 1.807) is 0 Å². The zero-order valence-electron chi connectivity index (χ0n) is 10.8. The van der Waals surface area contributed by atoms with Gasteiger partial charge in [-0.15, -0.1) is 0 Å². The summed E-state index contributed by atoms with van der Waals surface area (Å²) >= 11 is 0. The second-order valence-corrected chi connectivity index (χ2v) is 4.33. The van der Waals surface area contributed by atoms with Crippen LogP contribution in [0.25, 0.3) is 10.9 Å². The maximum absolute atomic E-state index is 5.56. The quantitative estimate of drug-likeness (QED) is 0.692. The Morgan fingerprint density at radius 3 is 2.76 bits per heavy atom. The second kappa shape index (κ2) is 5.87. The fourth-order valence-electron chi connectivity index (χ4n) is 2.22. The van der Waals surface area contributed by atoms with Crippen molar-refractivity contribution in [3.8, 4) is 0 Å². The average molecular weight is 231 g/mol. The first-order chi connectivity index (χ1) is 8.36. The van der Waals surface area contributed by atoms with Gasteiger partial charge in [0.05, 0.1) is 12.1 Å². The number of aromatic nitrogens is 1. The minimum Gasteiger partial charge on any atom is -0.380 e. The summed E-state index contributed by atoms with van der Waals surface area (Å²) in [4.78, 5) is 0. The van der Waals surface area contributed by atoms with Gasteiger partial charge in [0.2, 0.25) is 0 Å². The highest BCUT2D eigenvalue weighted by Crippen LogP contribution is 2.20. The summed E-state index contributed by atoms with van der Waals surface area (Å²) in [6, 6.07) is 8.72. The molecule has 0 amide bonds. The molecule has 2 aromatic rings. The van der Waals surface area contributed by atoms with Crippen LogP contribution in [0.4, 0.5) is 0 Å². The van der Waals surface area contributed by atoms with Crippen LogP contribution in [0.3, 0.4) is 0 Å². The number of benzene rings is 1. The van der Waals surface area contributed by atoms with Crippen molar-refractivity contribution >= 4 is 10.9 Å². The van der Waals surface area contributed by atoms with Gasteiger partial charge in [0.15, 0.2) is 0 Å². The highest BCUT2D eigenvalue weighted by molar-refractivity contribution is 5.83. The Bertz CT molecular complexity index is 473. The summed E-state index contributed by atoms with van der Waals surface area (Å²) in [6.07, 6.45) is 4.34. The zero-order chi connectivity index (χ0) is 12.1. The van der Waals surface area contributed by atoms with Gasteiger partial charge in [-0.3, -0.25) is 0 Å². The third-order valence-corrected chi connectivity index (χ3v) is 3.08. The molecule has 17 heavy (non-hydrogen) atoms. The number of para-hydroxylation sites is 1. The van der Waals surface area contributed by atoms with Crippen LogP contribution in [0.5, 0.6) is 0 Å². The summed E-state index contributed by atoms with van der Waals surface area (Å²) in [6.45, 7) is 6.95. The van der Waals surface area contributed by atoms with E-state index in [1.165, 1.54) is 16.5 Å². The monoisotopic (exact) mass is 231 g/mol. The molecule has 0 atom stereocenters. The maximum Gasteiger partial charge on any atom is 0.0645 e. The molecule has 0 fully saturated rings. The first-order valence-electron chi connectivity index (χ1n) is 6.51. The molecule has 0 spiro atoms. The van der Waals surface area contributed by atoms with Crippen LogP contribution < -0.4 is 0 Å². The van der Waals surface area contributed by atoms with Gasteiger partial charge in [-0.2, -0.15) is 0 Å². The van der Waals surface area contributed by atoms with Crippen LogP contribution in [0.15, 0.2) is 30.5 Å². The number of aryl methyl sites for hydroxylation is 1. The summed E-state index contributed by atoms with van der Waals surface area (Å²) in [5.41, 5.74) is 2.79. The van der Waals surface area contributed by atoms with Crippen molar-refractivity contribution in [1.29, 1.82) is 0 Å². The molecule has 92 valence electrons. The molecule has 0 aliphatic heterocycles. The second-order valence-electron chi connectivity index (χ2n) is 4.33. The number of hydrogen-bond acceptors (Lipinski definition) is 1. The van der Waals surface area contributed by atoms with Gasteiger partial charge in [0.25, 0.3) is 0 Å². The van der Waals surface area contributed by atoms with Crippen LogP contribution in [-0.2, 0) is 17.7 Å². The molecule has 2 heteroatoms. The highest BCUT2D eigenvalue weighted by Gasteiger charge is 2.04. The largest absolute Gasteiger partial charge is 0.380 e. The van der Waals surface area contributed by atoms with E-state index >= 15 is 0 Å². The average Bonchev–Trinajstić information content (AvgIpc) is 2.78. The Labute approximate surface area is 103 Å². The van der Waals surface area contributed by atoms with Crippen LogP contribution in [-0.4, -0.2) is 17.8 Å². The van der Waals surface area contributed by atoms with E-state index in [1.807, 2.05) is 0 Å². The van der Waals surface area contributed by atoms with Gasteiger partial charge in [-0.1, -0.05) is 32.0 Å².